The first-order valence-corrected chi connectivity index (χ1v) is 15.6. The van der Waals surface area contributed by atoms with Crippen molar-refractivity contribution in [2.75, 3.05) is 0 Å². The Balaban J connectivity index is 1.25. The standard InChI is InChI=1S/C46H28O/c1-2-10-29(11-3-1)32-19-20-33-28-44-42(27-36(33)25-32)41-26-35(22-23-43(41)47-44)46-39-16-8-6-14-37(39)45(38-15-7-9-17-40(38)46)34-21-18-30-12-4-5-13-31(30)24-34/h1-28H/i4D,5D,12D,13D,18D,21D,24D. The Labute approximate surface area is 281 Å². The number of hydrogen-bond acceptors (Lipinski definition) is 1. The van der Waals surface area contributed by atoms with Crippen LogP contribution in [0.5, 0.6) is 0 Å². The van der Waals surface area contributed by atoms with Crippen molar-refractivity contribution < 1.29 is 14.0 Å². The van der Waals surface area contributed by atoms with Gasteiger partial charge in [0, 0.05) is 10.8 Å². The van der Waals surface area contributed by atoms with Crippen LogP contribution in [0, 0.1) is 0 Å². The summed E-state index contributed by atoms with van der Waals surface area (Å²) in [6, 6.07) is 40.5. The Morgan fingerprint density at radius 3 is 1.74 bits per heavy atom. The Kier molecular flexibility index (Phi) is 4.34. The Morgan fingerprint density at radius 2 is 1.00 bits per heavy atom. The summed E-state index contributed by atoms with van der Waals surface area (Å²) in [5, 5.41) is 7.33. The molecule has 47 heavy (non-hydrogen) atoms. The van der Waals surface area contributed by atoms with Crippen LogP contribution >= 0.6 is 0 Å². The molecule has 0 bridgehead atoms. The van der Waals surface area contributed by atoms with E-state index in [-0.39, 0.29) is 40.5 Å². The molecule has 0 unspecified atom stereocenters. The molecule has 0 spiro atoms. The second kappa shape index (κ2) is 10.2. The highest BCUT2D eigenvalue weighted by atomic mass is 16.3. The molecule has 1 nitrogen and oxygen atoms in total. The number of hydrogen-bond donors (Lipinski definition) is 0. The maximum Gasteiger partial charge on any atom is 0.136 e. The third-order valence-corrected chi connectivity index (χ3v) is 9.26. The molecule has 0 N–H and O–H groups in total. The van der Waals surface area contributed by atoms with Crippen LogP contribution in [0.25, 0.3) is 98.4 Å². The van der Waals surface area contributed by atoms with E-state index in [0.29, 0.717) is 5.56 Å². The molecule has 1 heteroatoms. The fraction of sp³-hybridized carbons (Fsp3) is 0. The van der Waals surface area contributed by atoms with Crippen molar-refractivity contribution in [2.45, 2.75) is 0 Å². The lowest BCUT2D eigenvalue weighted by atomic mass is 9.85. The van der Waals surface area contributed by atoms with E-state index in [2.05, 4.69) is 54.6 Å². The van der Waals surface area contributed by atoms with Gasteiger partial charge in [-0.3, -0.25) is 0 Å². The minimum atomic E-state index is -0.486. The fourth-order valence-corrected chi connectivity index (χ4v) is 7.10. The molecule has 0 saturated heterocycles. The molecule has 1 heterocycles. The summed E-state index contributed by atoms with van der Waals surface area (Å²) < 4.78 is 67.8. The summed E-state index contributed by atoms with van der Waals surface area (Å²) in [6.45, 7) is 0. The van der Waals surface area contributed by atoms with Crippen LogP contribution in [0.15, 0.2) is 174 Å². The van der Waals surface area contributed by atoms with E-state index >= 15 is 0 Å². The van der Waals surface area contributed by atoms with Gasteiger partial charge in [-0.15, -0.1) is 0 Å². The van der Waals surface area contributed by atoms with Gasteiger partial charge in [-0.1, -0.05) is 133 Å². The fourth-order valence-electron chi connectivity index (χ4n) is 7.10. The molecule has 0 saturated carbocycles. The van der Waals surface area contributed by atoms with Gasteiger partial charge >= 0.3 is 0 Å². The topological polar surface area (TPSA) is 13.1 Å². The molecule has 1 aromatic heterocycles. The highest BCUT2D eigenvalue weighted by molar-refractivity contribution is 6.22. The van der Waals surface area contributed by atoms with Crippen LogP contribution in [0.4, 0.5) is 0 Å². The molecule has 0 aliphatic heterocycles. The Bertz CT molecular complexity index is 3180. The largest absolute Gasteiger partial charge is 0.456 e. The smallest absolute Gasteiger partial charge is 0.136 e. The SMILES string of the molecule is [2H]c1c([2H])c([2H])c2c([2H])c(-c3c4ccccc4c(-c4ccc5oc6cc7ccc(-c8ccccc8)cc7cc6c5c4)c4ccccc34)c([2H])c([2H])c2c1[2H]. The third-order valence-electron chi connectivity index (χ3n) is 9.26. The number of fused-ring (bicyclic) bond motifs is 7. The van der Waals surface area contributed by atoms with Crippen LogP contribution in [0.1, 0.15) is 9.60 Å². The van der Waals surface area contributed by atoms with Crippen molar-refractivity contribution in [3.8, 4) is 33.4 Å². The second-order valence-electron chi connectivity index (χ2n) is 11.9. The zero-order valence-corrected chi connectivity index (χ0v) is 25.0. The molecular formula is C46H28O. The monoisotopic (exact) mass is 603 g/mol. The van der Waals surface area contributed by atoms with Crippen molar-refractivity contribution in [1.82, 2.24) is 0 Å². The minimum Gasteiger partial charge on any atom is -0.456 e. The van der Waals surface area contributed by atoms with Gasteiger partial charge in [-0.05, 0) is 113 Å². The highest BCUT2D eigenvalue weighted by Crippen LogP contribution is 2.45. The van der Waals surface area contributed by atoms with Gasteiger partial charge in [0.2, 0.25) is 0 Å². The summed E-state index contributed by atoms with van der Waals surface area (Å²) in [6.07, 6.45) is 0. The van der Waals surface area contributed by atoms with Gasteiger partial charge in [-0.25, -0.2) is 0 Å². The molecule has 10 aromatic rings. The predicted octanol–water partition coefficient (Wildman–Crippen LogP) is 13.2. The average Bonchev–Trinajstić information content (AvgIpc) is 3.56. The predicted molar refractivity (Wildman–Crippen MR) is 200 cm³/mol. The van der Waals surface area contributed by atoms with Gasteiger partial charge in [0.25, 0.3) is 0 Å². The summed E-state index contributed by atoms with van der Waals surface area (Å²) in [5.41, 5.74) is 6.56. The van der Waals surface area contributed by atoms with Crippen LogP contribution in [0.2, 0.25) is 0 Å². The van der Waals surface area contributed by atoms with E-state index in [1.165, 1.54) is 0 Å². The van der Waals surface area contributed by atoms with E-state index in [4.69, 9.17) is 11.3 Å². The molecule has 0 fully saturated rings. The molecule has 0 atom stereocenters. The van der Waals surface area contributed by atoms with Crippen molar-refractivity contribution in [3.05, 3.63) is 170 Å². The summed E-state index contributed by atoms with van der Waals surface area (Å²) in [5.74, 6) is 0. The van der Waals surface area contributed by atoms with Crippen molar-refractivity contribution in [3.63, 3.8) is 0 Å². The Morgan fingerprint density at radius 1 is 0.362 bits per heavy atom. The van der Waals surface area contributed by atoms with Crippen molar-refractivity contribution in [2.24, 2.45) is 0 Å². The molecule has 0 radical (unpaired) electrons. The second-order valence-corrected chi connectivity index (χ2v) is 11.9. The van der Waals surface area contributed by atoms with Gasteiger partial charge in [0.05, 0.1) is 9.60 Å². The zero-order chi connectivity index (χ0) is 37.0. The van der Waals surface area contributed by atoms with Crippen molar-refractivity contribution in [1.29, 1.82) is 0 Å². The van der Waals surface area contributed by atoms with Crippen molar-refractivity contribution >= 4 is 65.0 Å². The van der Waals surface area contributed by atoms with Crippen LogP contribution in [-0.2, 0) is 0 Å². The highest BCUT2D eigenvalue weighted by Gasteiger charge is 2.18. The average molecular weight is 604 g/mol. The van der Waals surface area contributed by atoms with E-state index in [1.54, 1.807) is 0 Å². The summed E-state index contributed by atoms with van der Waals surface area (Å²) in [4.78, 5) is 0. The van der Waals surface area contributed by atoms with Gasteiger partial charge in [0.15, 0.2) is 0 Å². The first-order chi connectivity index (χ1) is 26.2. The van der Waals surface area contributed by atoms with Crippen LogP contribution in [-0.4, -0.2) is 0 Å². The number of benzene rings is 9. The quantitative estimate of drug-likeness (QED) is 0.183. The maximum atomic E-state index is 9.39. The van der Waals surface area contributed by atoms with E-state index in [1.807, 2.05) is 72.8 Å². The molecule has 10 rings (SSSR count). The molecule has 0 aliphatic rings. The first kappa shape index (κ1) is 20.0. The zero-order valence-electron chi connectivity index (χ0n) is 32.0. The van der Waals surface area contributed by atoms with Crippen LogP contribution < -0.4 is 0 Å². The van der Waals surface area contributed by atoms with E-state index < -0.39 is 18.1 Å². The Hall–Kier alpha value is -6.18. The minimum absolute atomic E-state index is 0.0602. The lowest BCUT2D eigenvalue weighted by Gasteiger charge is -2.18. The van der Waals surface area contributed by atoms with Crippen LogP contribution in [0.3, 0.4) is 0 Å². The number of rotatable bonds is 3. The first-order valence-electron chi connectivity index (χ1n) is 19.1. The van der Waals surface area contributed by atoms with E-state index in [9.17, 15) is 2.74 Å². The number of furan rings is 1. The maximum absolute atomic E-state index is 9.39. The normalized spacial score (nSPS) is 13.9. The van der Waals surface area contributed by atoms with Gasteiger partial charge in [-0.2, -0.15) is 0 Å². The molecule has 0 amide bonds. The van der Waals surface area contributed by atoms with E-state index in [0.717, 1.165) is 76.5 Å². The molecule has 9 aromatic carbocycles. The van der Waals surface area contributed by atoms with Gasteiger partial charge in [0.1, 0.15) is 11.2 Å². The summed E-state index contributed by atoms with van der Waals surface area (Å²) in [7, 11) is 0. The molecule has 0 aliphatic carbocycles. The molecular weight excluding hydrogens is 569 g/mol. The lowest BCUT2D eigenvalue weighted by molar-refractivity contribution is 0.669. The van der Waals surface area contributed by atoms with Gasteiger partial charge < -0.3 is 4.42 Å². The summed E-state index contributed by atoms with van der Waals surface area (Å²) >= 11 is 0. The third kappa shape index (κ3) is 4.10. The molecule has 218 valence electrons. The lowest BCUT2D eigenvalue weighted by Crippen LogP contribution is -1.91.